The van der Waals surface area contributed by atoms with Crippen LogP contribution in [0.25, 0.3) is 10.9 Å². The fraction of sp³-hybridized carbons (Fsp3) is 0.238. The standard InChI is InChI=1S/C21H19Cl2N5O2/c1-2-20(29)28-7-5-14(6-8-28)30-19-10-15-18(11-24-19)25-12-26-21(15)27-17-4-3-13(22)9-16(17)23/h2-4,9-12,14H,1,5-8H2,(H,25,26,27). The number of hydrogen-bond acceptors (Lipinski definition) is 6. The summed E-state index contributed by atoms with van der Waals surface area (Å²) in [6.45, 7) is 4.80. The Hall–Kier alpha value is -2.90. The number of hydrogen-bond donors (Lipinski definition) is 1. The van der Waals surface area contributed by atoms with Crippen molar-refractivity contribution in [3.8, 4) is 5.88 Å². The Balaban J connectivity index is 1.53. The summed E-state index contributed by atoms with van der Waals surface area (Å²) in [5, 5.41) is 5.02. The number of nitrogens with zero attached hydrogens (tertiary/aromatic N) is 4. The van der Waals surface area contributed by atoms with Crippen LogP contribution in [0.15, 0.2) is 49.4 Å². The maximum atomic E-state index is 11.7. The van der Waals surface area contributed by atoms with E-state index in [9.17, 15) is 4.79 Å². The van der Waals surface area contributed by atoms with Gasteiger partial charge in [0.2, 0.25) is 11.8 Å². The van der Waals surface area contributed by atoms with Crippen molar-refractivity contribution in [3.05, 3.63) is 59.5 Å². The van der Waals surface area contributed by atoms with Crippen LogP contribution in [0.5, 0.6) is 5.88 Å². The number of piperidine rings is 1. The lowest BCUT2D eigenvalue weighted by Crippen LogP contribution is -2.41. The monoisotopic (exact) mass is 443 g/mol. The second-order valence-electron chi connectivity index (χ2n) is 6.86. The third kappa shape index (κ3) is 4.47. The number of carbonyl (C=O) groups is 1. The number of aromatic nitrogens is 3. The van der Waals surface area contributed by atoms with Crippen molar-refractivity contribution in [1.29, 1.82) is 0 Å². The highest BCUT2D eigenvalue weighted by atomic mass is 35.5. The van der Waals surface area contributed by atoms with Gasteiger partial charge in [0.05, 0.1) is 22.4 Å². The van der Waals surface area contributed by atoms with Gasteiger partial charge in [-0.15, -0.1) is 0 Å². The molecule has 1 fully saturated rings. The first-order valence-corrected chi connectivity index (χ1v) is 10.2. The first kappa shape index (κ1) is 20.4. The molecule has 2 aromatic heterocycles. The highest BCUT2D eigenvalue weighted by molar-refractivity contribution is 6.36. The Morgan fingerprint density at radius 3 is 2.73 bits per heavy atom. The SMILES string of the molecule is C=CC(=O)N1CCC(Oc2cc3c(Nc4ccc(Cl)cc4Cl)ncnc3cn2)CC1. The number of halogens is 2. The minimum atomic E-state index is -0.0500. The number of nitrogens with one attached hydrogen (secondary N) is 1. The second-order valence-corrected chi connectivity index (χ2v) is 7.70. The third-order valence-electron chi connectivity index (χ3n) is 4.90. The number of likely N-dealkylation sites (tertiary alicyclic amines) is 1. The summed E-state index contributed by atoms with van der Waals surface area (Å²) in [5.41, 5.74) is 1.36. The van der Waals surface area contributed by atoms with Crippen LogP contribution in [0.4, 0.5) is 11.5 Å². The number of benzene rings is 1. The van der Waals surface area contributed by atoms with Gasteiger partial charge in [-0.05, 0) is 24.3 Å². The summed E-state index contributed by atoms with van der Waals surface area (Å²) in [6, 6.07) is 7.01. The maximum Gasteiger partial charge on any atom is 0.245 e. The van der Waals surface area contributed by atoms with Crippen molar-refractivity contribution in [2.75, 3.05) is 18.4 Å². The molecule has 1 amide bonds. The zero-order valence-electron chi connectivity index (χ0n) is 16.0. The van der Waals surface area contributed by atoms with Crippen molar-refractivity contribution in [2.45, 2.75) is 18.9 Å². The van der Waals surface area contributed by atoms with E-state index in [0.717, 1.165) is 18.2 Å². The van der Waals surface area contributed by atoms with Crippen LogP contribution in [0, 0.1) is 0 Å². The summed E-state index contributed by atoms with van der Waals surface area (Å²) >= 11 is 12.2. The molecule has 1 aromatic carbocycles. The number of pyridine rings is 1. The molecule has 1 aliphatic rings. The van der Waals surface area contributed by atoms with Gasteiger partial charge in [0, 0.05) is 42.4 Å². The van der Waals surface area contributed by atoms with Gasteiger partial charge in [-0.1, -0.05) is 29.8 Å². The molecule has 0 aliphatic carbocycles. The minimum absolute atomic E-state index is 0.0180. The second kappa shape index (κ2) is 8.85. The van der Waals surface area contributed by atoms with Gasteiger partial charge in [-0.2, -0.15) is 0 Å². The Morgan fingerprint density at radius 1 is 1.20 bits per heavy atom. The summed E-state index contributed by atoms with van der Waals surface area (Å²) < 4.78 is 6.07. The highest BCUT2D eigenvalue weighted by Gasteiger charge is 2.23. The highest BCUT2D eigenvalue weighted by Crippen LogP contribution is 2.31. The summed E-state index contributed by atoms with van der Waals surface area (Å²) in [5.74, 6) is 1.02. The van der Waals surface area contributed by atoms with Gasteiger partial charge in [-0.3, -0.25) is 4.79 Å². The Labute approximate surface area is 183 Å². The molecular weight excluding hydrogens is 425 g/mol. The van der Waals surface area contributed by atoms with E-state index in [1.807, 2.05) is 6.07 Å². The van der Waals surface area contributed by atoms with E-state index >= 15 is 0 Å². The summed E-state index contributed by atoms with van der Waals surface area (Å²) in [6.07, 6.45) is 5.90. The topological polar surface area (TPSA) is 80.2 Å². The molecule has 1 saturated heterocycles. The smallest absolute Gasteiger partial charge is 0.245 e. The first-order chi connectivity index (χ1) is 14.5. The Bertz CT molecular complexity index is 1100. The molecule has 3 heterocycles. The van der Waals surface area contributed by atoms with Crippen molar-refractivity contribution < 1.29 is 9.53 Å². The first-order valence-electron chi connectivity index (χ1n) is 9.44. The lowest BCUT2D eigenvalue weighted by molar-refractivity contribution is -0.127. The van der Waals surface area contributed by atoms with Crippen molar-refractivity contribution in [1.82, 2.24) is 19.9 Å². The molecule has 0 radical (unpaired) electrons. The van der Waals surface area contributed by atoms with Crippen molar-refractivity contribution in [3.63, 3.8) is 0 Å². The maximum absolute atomic E-state index is 11.7. The van der Waals surface area contributed by atoms with E-state index in [4.69, 9.17) is 27.9 Å². The van der Waals surface area contributed by atoms with Crippen LogP contribution in [0.2, 0.25) is 10.0 Å². The number of carbonyl (C=O) groups excluding carboxylic acids is 1. The molecule has 1 N–H and O–H groups in total. The van der Waals surface area contributed by atoms with E-state index in [1.54, 1.807) is 29.3 Å². The van der Waals surface area contributed by atoms with Gasteiger partial charge < -0.3 is 15.0 Å². The number of anilines is 2. The zero-order valence-corrected chi connectivity index (χ0v) is 17.5. The minimum Gasteiger partial charge on any atom is -0.474 e. The van der Waals surface area contributed by atoms with Gasteiger partial charge in [0.1, 0.15) is 18.2 Å². The van der Waals surface area contributed by atoms with Crippen LogP contribution in [-0.2, 0) is 4.79 Å². The molecule has 4 rings (SSSR count). The molecule has 0 unspecified atom stereocenters. The molecule has 30 heavy (non-hydrogen) atoms. The van der Waals surface area contributed by atoms with Crippen LogP contribution in [0.3, 0.4) is 0 Å². The van der Waals surface area contributed by atoms with E-state index in [2.05, 4.69) is 26.8 Å². The van der Waals surface area contributed by atoms with Crippen LogP contribution in [-0.4, -0.2) is 45.0 Å². The lowest BCUT2D eigenvalue weighted by atomic mass is 10.1. The molecule has 3 aromatic rings. The summed E-state index contributed by atoms with van der Waals surface area (Å²) in [7, 11) is 0. The summed E-state index contributed by atoms with van der Waals surface area (Å²) in [4.78, 5) is 26.5. The quantitative estimate of drug-likeness (QED) is 0.578. The Morgan fingerprint density at radius 2 is 2.00 bits per heavy atom. The molecule has 0 spiro atoms. The van der Waals surface area contributed by atoms with Gasteiger partial charge in [0.25, 0.3) is 0 Å². The normalized spacial score (nSPS) is 14.5. The van der Waals surface area contributed by atoms with Gasteiger partial charge >= 0.3 is 0 Å². The fourth-order valence-electron chi connectivity index (χ4n) is 3.32. The largest absolute Gasteiger partial charge is 0.474 e. The molecule has 7 nitrogen and oxygen atoms in total. The molecule has 9 heteroatoms. The molecule has 0 saturated carbocycles. The van der Waals surface area contributed by atoms with E-state index < -0.39 is 0 Å². The van der Waals surface area contributed by atoms with Crippen LogP contribution in [0.1, 0.15) is 12.8 Å². The van der Waals surface area contributed by atoms with Gasteiger partial charge in [0.15, 0.2) is 0 Å². The third-order valence-corrected chi connectivity index (χ3v) is 5.44. The lowest BCUT2D eigenvalue weighted by Gasteiger charge is -2.31. The van der Waals surface area contributed by atoms with E-state index in [-0.39, 0.29) is 12.0 Å². The average Bonchev–Trinajstić information content (AvgIpc) is 2.76. The van der Waals surface area contributed by atoms with E-state index in [0.29, 0.717) is 46.0 Å². The molecule has 154 valence electrons. The predicted octanol–water partition coefficient (Wildman–Crippen LogP) is 4.63. The zero-order chi connectivity index (χ0) is 21.1. The van der Waals surface area contributed by atoms with Crippen LogP contribution < -0.4 is 10.1 Å². The number of ether oxygens (including phenoxy) is 1. The van der Waals surface area contributed by atoms with Crippen LogP contribution >= 0.6 is 23.2 Å². The Kier molecular flexibility index (Phi) is 6.01. The molecule has 0 atom stereocenters. The molecule has 1 aliphatic heterocycles. The average molecular weight is 444 g/mol. The van der Waals surface area contributed by atoms with Gasteiger partial charge in [-0.25, -0.2) is 15.0 Å². The number of fused-ring (bicyclic) bond motifs is 1. The molecular formula is C21H19Cl2N5O2. The van der Waals surface area contributed by atoms with Crippen molar-refractivity contribution in [2.24, 2.45) is 0 Å². The van der Waals surface area contributed by atoms with Crippen molar-refractivity contribution >= 4 is 51.5 Å². The number of rotatable bonds is 5. The molecule has 0 bridgehead atoms. The van der Waals surface area contributed by atoms with E-state index in [1.165, 1.54) is 12.4 Å². The fourth-order valence-corrected chi connectivity index (χ4v) is 3.77. The predicted molar refractivity (Wildman–Crippen MR) is 118 cm³/mol. The number of amides is 1.